The number of carbonyl (C=O) groups excluding carboxylic acids is 1. The van der Waals surface area contributed by atoms with E-state index in [0.717, 1.165) is 41.7 Å². The molecule has 0 radical (unpaired) electrons. The van der Waals surface area contributed by atoms with Crippen molar-refractivity contribution in [1.29, 1.82) is 0 Å². The predicted octanol–water partition coefficient (Wildman–Crippen LogP) is 4.97. The van der Waals surface area contributed by atoms with Crippen molar-refractivity contribution in [3.8, 4) is 11.1 Å². The summed E-state index contributed by atoms with van der Waals surface area (Å²) in [6.45, 7) is 2.55. The molecule has 1 atom stereocenters. The molecule has 0 aliphatic carbocycles. The second-order valence-electron chi connectivity index (χ2n) is 6.56. The molecule has 0 aliphatic rings. The van der Waals surface area contributed by atoms with Gasteiger partial charge in [0.1, 0.15) is 0 Å². The first kappa shape index (κ1) is 24.0. The average Bonchev–Trinajstić information content (AvgIpc) is 2.66. The quantitative estimate of drug-likeness (QED) is 0.640. The number of carbonyl (C=O) groups is 1. The van der Waals surface area contributed by atoms with Gasteiger partial charge >= 0.3 is 6.18 Å². The van der Waals surface area contributed by atoms with Crippen LogP contribution in [0, 0.1) is 0 Å². The average molecular weight is 415 g/mol. The second kappa shape index (κ2) is 11.1. The summed E-state index contributed by atoms with van der Waals surface area (Å²) in [6.07, 6.45) is -1.04. The normalized spacial score (nSPS) is 12.2. The molecule has 0 aromatic heterocycles. The van der Waals surface area contributed by atoms with Crippen LogP contribution in [0.4, 0.5) is 13.2 Å². The van der Waals surface area contributed by atoms with Crippen molar-refractivity contribution in [2.75, 3.05) is 6.54 Å². The summed E-state index contributed by atoms with van der Waals surface area (Å²) in [5, 5.41) is 2.84. The molecule has 7 heteroatoms. The SMILES string of the molecule is CCCCC(N)C(=O)NCCc1ccc(-c2ccc(C(F)(F)F)cc2)cc1.Cl. The van der Waals surface area contributed by atoms with Crippen LogP contribution in [0.1, 0.15) is 37.3 Å². The van der Waals surface area contributed by atoms with Gasteiger partial charge in [-0.2, -0.15) is 13.2 Å². The van der Waals surface area contributed by atoms with Gasteiger partial charge in [-0.05, 0) is 41.7 Å². The van der Waals surface area contributed by atoms with E-state index in [1.165, 1.54) is 12.1 Å². The minimum atomic E-state index is -4.33. The fraction of sp³-hybridized carbons (Fsp3) is 0.381. The molecule has 154 valence electrons. The number of alkyl halides is 3. The Morgan fingerprint density at radius 2 is 1.57 bits per heavy atom. The molecule has 0 saturated carbocycles. The topological polar surface area (TPSA) is 55.1 Å². The van der Waals surface area contributed by atoms with E-state index in [4.69, 9.17) is 5.73 Å². The van der Waals surface area contributed by atoms with Gasteiger partial charge in [0.15, 0.2) is 0 Å². The molecule has 2 rings (SSSR count). The van der Waals surface area contributed by atoms with Crippen LogP contribution in [0.15, 0.2) is 48.5 Å². The summed E-state index contributed by atoms with van der Waals surface area (Å²) in [5.74, 6) is -0.134. The lowest BCUT2D eigenvalue weighted by molar-refractivity contribution is -0.137. The minimum Gasteiger partial charge on any atom is -0.354 e. The second-order valence-corrected chi connectivity index (χ2v) is 6.56. The highest BCUT2D eigenvalue weighted by Crippen LogP contribution is 2.31. The Balaban J connectivity index is 0.00000392. The first-order chi connectivity index (χ1) is 12.8. The molecule has 1 unspecified atom stereocenters. The van der Waals surface area contributed by atoms with Gasteiger partial charge < -0.3 is 11.1 Å². The molecular weight excluding hydrogens is 389 g/mol. The van der Waals surface area contributed by atoms with Crippen LogP contribution < -0.4 is 11.1 Å². The maximum atomic E-state index is 12.6. The van der Waals surface area contributed by atoms with Crippen molar-refractivity contribution in [1.82, 2.24) is 5.32 Å². The van der Waals surface area contributed by atoms with Gasteiger partial charge in [-0.1, -0.05) is 56.2 Å². The van der Waals surface area contributed by atoms with Gasteiger partial charge in [-0.3, -0.25) is 4.79 Å². The highest BCUT2D eigenvalue weighted by Gasteiger charge is 2.29. The molecule has 3 nitrogen and oxygen atoms in total. The zero-order valence-corrected chi connectivity index (χ0v) is 16.6. The minimum absolute atomic E-state index is 0. The number of amides is 1. The molecular formula is C21H26ClF3N2O. The summed E-state index contributed by atoms with van der Waals surface area (Å²) in [5.41, 5.74) is 7.77. The number of nitrogens with two attached hydrogens (primary N) is 1. The molecule has 1 amide bonds. The molecule has 2 aromatic rings. The van der Waals surface area contributed by atoms with E-state index in [2.05, 4.69) is 12.2 Å². The van der Waals surface area contributed by atoms with Gasteiger partial charge in [-0.15, -0.1) is 12.4 Å². The molecule has 0 spiro atoms. The number of unbranched alkanes of at least 4 members (excludes halogenated alkanes) is 1. The van der Waals surface area contributed by atoms with Crippen molar-refractivity contribution in [3.63, 3.8) is 0 Å². The lowest BCUT2D eigenvalue weighted by Crippen LogP contribution is -2.41. The van der Waals surface area contributed by atoms with Crippen molar-refractivity contribution in [2.45, 2.75) is 44.8 Å². The van der Waals surface area contributed by atoms with E-state index >= 15 is 0 Å². The standard InChI is InChI=1S/C21H25F3N2O.ClH/c1-2-3-4-19(25)20(27)26-14-13-15-5-7-16(8-6-15)17-9-11-18(12-10-17)21(22,23)24;/h5-12,19H,2-4,13-14,25H2,1H3,(H,26,27);1H. The zero-order chi connectivity index (χ0) is 19.9. The number of halogens is 4. The summed E-state index contributed by atoms with van der Waals surface area (Å²) in [4.78, 5) is 11.9. The predicted molar refractivity (Wildman–Crippen MR) is 108 cm³/mol. The Kier molecular flexibility index (Phi) is 9.49. The third-order valence-electron chi connectivity index (χ3n) is 4.42. The first-order valence-electron chi connectivity index (χ1n) is 9.11. The molecule has 28 heavy (non-hydrogen) atoms. The molecule has 3 N–H and O–H groups in total. The number of rotatable bonds is 8. The number of benzene rings is 2. The largest absolute Gasteiger partial charge is 0.416 e. The number of hydrogen-bond acceptors (Lipinski definition) is 2. The number of hydrogen-bond donors (Lipinski definition) is 2. The van der Waals surface area contributed by atoms with Gasteiger partial charge in [0.2, 0.25) is 5.91 Å². The maximum absolute atomic E-state index is 12.6. The van der Waals surface area contributed by atoms with Crippen LogP contribution in [0.5, 0.6) is 0 Å². The third-order valence-corrected chi connectivity index (χ3v) is 4.42. The molecule has 0 aliphatic heterocycles. The Morgan fingerprint density at radius 1 is 1.04 bits per heavy atom. The third kappa shape index (κ3) is 7.17. The first-order valence-corrected chi connectivity index (χ1v) is 9.11. The van der Waals surface area contributed by atoms with Crippen LogP contribution in [0.3, 0.4) is 0 Å². The van der Waals surface area contributed by atoms with E-state index in [-0.39, 0.29) is 18.3 Å². The molecule has 2 aromatic carbocycles. The maximum Gasteiger partial charge on any atom is 0.416 e. The van der Waals surface area contributed by atoms with Crippen molar-refractivity contribution < 1.29 is 18.0 Å². The van der Waals surface area contributed by atoms with E-state index in [1.807, 2.05) is 24.3 Å². The summed E-state index contributed by atoms with van der Waals surface area (Å²) in [6, 6.07) is 12.2. The van der Waals surface area contributed by atoms with Crippen LogP contribution in [0.25, 0.3) is 11.1 Å². The monoisotopic (exact) mass is 414 g/mol. The molecule has 0 fully saturated rings. The van der Waals surface area contributed by atoms with E-state index in [9.17, 15) is 18.0 Å². The van der Waals surface area contributed by atoms with Crippen LogP contribution in [0.2, 0.25) is 0 Å². The van der Waals surface area contributed by atoms with Gasteiger partial charge in [-0.25, -0.2) is 0 Å². The molecule has 0 bridgehead atoms. The Hall–Kier alpha value is -2.05. The fourth-order valence-electron chi connectivity index (χ4n) is 2.73. The number of nitrogens with one attached hydrogen (secondary N) is 1. The Labute approximate surface area is 169 Å². The fourth-order valence-corrected chi connectivity index (χ4v) is 2.73. The molecule has 0 heterocycles. The summed E-state index contributed by atoms with van der Waals surface area (Å²) in [7, 11) is 0. The Morgan fingerprint density at radius 3 is 2.07 bits per heavy atom. The van der Waals surface area contributed by atoms with Gasteiger partial charge in [0, 0.05) is 6.54 Å². The van der Waals surface area contributed by atoms with E-state index in [0.29, 0.717) is 19.4 Å². The lowest BCUT2D eigenvalue weighted by atomic mass is 10.0. The summed E-state index contributed by atoms with van der Waals surface area (Å²) >= 11 is 0. The van der Waals surface area contributed by atoms with E-state index < -0.39 is 17.8 Å². The van der Waals surface area contributed by atoms with Crippen molar-refractivity contribution in [3.05, 3.63) is 59.7 Å². The van der Waals surface area contributed by atoms with Crippen LogP contribution in [-0.4, -0.2) is 18.5 Å². The zero-order valence-electron chi connectivity index (χ0n) is 15.8. The summed E-state index contributed by atoms with van der Waals surface area (Å²) < 4.78 is 37.9. The van der Waals surface area contributed by atoms with Crippen molar-refractivity contribution in [2.24, 2.45) is 5.73 Å². The van der Waals surface area contributed by atoms with Crippen LogP contribution >= 0.6 is 12.4 Å². The Bertz CT molecular complexity index is 731. The smallest absolute Gasteiger partial charge is 0.354 e. The van der Waals surface area contributed by atoms with Crippen molar-refractivity contribution >= 4 is 18.3 Å². The highest BCUT2D eigenvalue weighted by molar-refractivity contribution is 5.85. The lowest BCUT2D eigenvalue weighted by Gasteiger charge is -2.12. The molecule has 0 saturated heterocycles. The van der Waals surface area contributed by atoms with Gasteiger partial charge in [0.05, 0.1) is 11.6 Å². The highest BCUT2D eigenvalue weighted by atomic mass is 35.5. The van der Waals surface area contributed by atoms with Crippen LogP contribution in [-0.2, 0) is 17.4 Å². The van der Waals surface area contributed by atoms with E-state index in [1.54, 1.807) is 0 Å². The van der Waals surface area contributed by atoms with Gasteiger partial charge in [0.25, 0.3) is 0 Å².